The SMILES string of the molecule is Nc1cccc(/C=C/C2CC(=O)N2)c1. The van der Waals surface area contributed by atoms with Gasteiger partial charge in [0.1, 0.15) is 0 Å². The third-order valence-corrected chi connectivity index (χ3v) is 2.18. The maximum atomic E-state index is 10.6. The Morgan fingerprint density at radius 2 is 2.29 bits per heavy atom. The fourth-order valence-corrected chi connectivity index (χ4v) is 1.39. The lowest BCUT2D eigenvalue weighted by Gasteiger charge is -2.23. The number of amides is 1. The number of β-lactam (4-membered cyclic amide) rings is 1. The van der Waals surface area contributed by atoms with Crippen LogP contribution >= 0.6 is 0 Å². The average Bonchev–Trinajstić information content (AvgIpc) is 2.11. The van der Waals surface area contributed by atoms with Gasteiger partial charge < -0.3 is 11.1 Å². The van der Waals surface area contributed by atoms with Crippen LogP contribution in [0.3, 0.4) is 0 Å². The van der Waals surface area contributed by atoms with Gasteiger partial charge in [-0.15, -0.1) is 0 Å². The van der Waals surface area contributed by atoms with E-state index in [0.29, 0.717) is 6.42 Å². The van der Waals surface area contributed by atoms with E-state index < -0.39 is 0 Å². The van der Waals surface area contributed by atoms with Crippen molar-refractivity contribution >= 4 is 17.7 Å². The van der Waals surface area contributed by atoms with Crippen LogP contribution < -0.4 is 11.1 Å². The van der Waals surface area contributed by atoms with Crippen molar-refractivity contribution in [2.24, 2.45) is 0 Å². The summed E-state index contributed by atoms with van der Waals surface area (Å²) in [6, 6.07) is 7.84. The zero-order chi connectivity index (χ0) is 9.97. The van der Waals surface area contributed by atoms with Gasteiger partial charge >= 0.3 is 0 Å². The number of nitrogen functional groups attached to an aromatic ring is 1. The van der Waals surface area contributed by atoms with Crippen LogP contribution in [0.15, 0.2) is 30.3 Å². The molecule has 1 aliphatic rings. The molecule has 14 heavy (non-hydrogen) atoms. The maximum Gasteiger partial charge on any atom is 0.222 e. The Labute approximate surface area is 82.6 Å². The van der Waals surface area contributed by atoms with E-state index in [1.54, 1.807) is 0 Å². The summed E-state index contributed by atoms with van der Waals surface area (Å²) in [4.78, 5) is 10.6. The summed E-state index contributed by atoms with van der Waals surface area (Å²) in [7, 11) is 0. The van der Waals surface area contributed by atoms with Crippen molar-refractivity contribution in [3.05, 3.63) is 35.9 Å². The number of nitrogens with two attached hydrogens (primary N) is 1. The number of anilines is 1. The van der Waals surface area contributed by atoms with Gasteiger partial charge in [0.25, 0.3) is 0 Å². The molecule has 1 fully saturated rings. The molecule has 1 saturated heterocycles. The van der Waals surface area contributed by atoms with Crippen molar-refractivity contribution in [3.63, 3.8) is 0 Å². The average molecular weight is 188 g/mol. The van der Waals surface area contributed by atoms with E-state index >= 15 is 0 Å². The Morgan fingerprint density at radius 3 is 2.93 bits per heavy atom. The molecule has 3 heteroatoms. The van der Waals surface area contributed by atoms with Crippen molar-refractivity contribution in [1.82, 2.24) is 5.32 Å². The third-order valence-electron chi connectivity index (χ3n) is 2.18. The number of rotatable bonds is 2. The van der Waals surface area contributed by atoms with Gasteiger partial charge in [-0.1, -0.05) is 24.3 Å². The zero-order valence-corrected chi connectivity index (χ0v) is 7.73. The van der Waals surface area contributed by atoms with Crippen LogP contribution in [0.2, 0.25) is 0 Å². The van der Waals surface area contributed by atoms with E-state index in [4.69, 9.17) is 5.73 Å². The van der Waals surface area contributed by atoms with Crippen molar-refractivity contribution in [2.45, 2.75) is 12.5 Å². The van der Waals surface area contributed by atoms with Crippen LogP contribution in [0.25, 0.3) is 6.08 Å². The lowest BCUT2D eigenvalue weighted by Crippen LogP contribution is -2.46. The van der Waals surface area contributed by atoms with Gasteiger partial charge in [0, 0.05) is 5.69 Å². The quantitative estimate of drug-likeness (QED) is 0.540. The molecular formula is C11H12N2O. The molecular weight excluding hydrogens is 176 g/mol. The molecule has 1 heterocycles. The van der Waals surface area contributed by atoms with E-state index in [1.807, 2.05) is 36.4 Å². The highest BCUT2D eigenvalue weighted by Gasteiger charge is 2.21. The van der Waals surface area contributed by atoms with Gasteiger partial charge in [-0.05, 0) is 17.7 Å². The smallest absolute Gasteiger partial charge is 0.222 e. The minimum absolute atomic E-state index is 0.118. The summed E-state index contributed by atoms with van der Waals surface area (Å²) in [5.41, 5.74) is 7.45. The third kappa shape index (κ3) is 1.93. The molecule has 0 saturated carbocycles. The molecule has 2 rings (SSSR count). The highest BCUT2D eigenvalue weighted by atomic mass is 16.2. The van der Waals surface area contributed by atoms with Gasteiger partial charge in [-0.25, -0.2) is 0 Å². The molecule has 0 bridgehead atoms. The molecule has 1 aliphatic heterocycles. The predicted molar refractivity (Wildman–Crippen MR) is 56.4 cm³/mol. The fraction of sp³-hybridized carbons (Fsp3) is 0.182. The summed E-state index contributed by atoms with van der Waals surface area (Å²) in [6.45, 7) is 0. The van der Waals surface area contributed by atoms with Crippen molar-refractivity contribution < 1.29 is 4.79 Å². The molecule has 3 nitrogen and oxygen atoms in total. The van der Waals surface area contributed by atoms with Gasteiger partial charge in [-0.3, -0.25) is 4.79 Å². The first-order valence-corrected chi connectivity index (χ1v) is 4.57. The Balaban J connectivity index is 2.00. The van der Waals surface area contributed by atoms with Crippen molar-refractivity contribution in [1.29, 1.82) is 0 Å². The van der Waals surface area contributed by atoms with Crippen molar-refractivity contribution in [2.75, 3.05) is 5.73 Å². The highest BCUT2D eigenvalue weighted by molar-refractivity contribution is 5.84. The second-order valence-corrected chi connectivity index (χ2v) is 3.41. The van der Waals surface area contributed by atoms with E-state index in [9.17, 15) is 4.79 Å². The molecule has 72 valence electrons. The zero-order valence-electron chi connectivity index (χ0n) is 7.73. The summed E-state index contributed by atoms with van der Waals surface area (Å²) in [5.74, 6) is 0.118. The summed E-state index contributed by atoms with van der Waals surface area (Å²) in [6.07, 6.45) is 4.55. The summed E-state index contributed by atoms with van der Waals surface area (Å²) >= 11 is 0. The minimum atomic E-state index is 0.118. The van der Waals surface area contributed by atoms with Crippen molar-refractivity contribution in [3.8, 4) is 0 Å². The molecule has 1 aromatic rings. The predicted octanol–water partition coefficient (Wildman–Crippen LogP) is 1.17. The maximum absolute atomic E-state index is 10.6. The van der Waals surface area contributed by atoms with Crippen LogP contribution in [-0.4, -0.2) is 11.9 Å². The standard InChI is InChI=1S/C11H12N2O/c12-9-3-1-2-8(6-9)4-5-10-7-11(14)13-10/h1-6,10H,7,12H2,(H,13,14)/b5-4+. The lowest BCUT2D eigenvalue weighted by atomic mass is 10.0. The molecule has 1 aromatic carbocycles. The van der Waals surface area contributed by atoms with Gasteiger partial charge in [0.15, 0.2) is 0 Å². The molecule has 0 aliphatic carbocycles. The number of carbonyl (C=O) groups is 1. The van der Waals surface area contributed by atoms with Gasteiger partial charge in [-0.2, -0.15) is 0 Å². The van der Waals surface area contributed by atoms with E-state index in [2.05, 4.69) is 5.32 Å². The molecule has 0 radical (unpaired) electrons. The highest BCUT2D eigenvalue weighted by Crippen LogP contribution is 2.11. The molecule has 1 unspecified atom stereocenters. The Kier molecular flexibility index (Phi) is 2.23. The first kappa shape index (κ1) is 8.81. The summed E-state index contributed by atoms with van der Waals surface area (Å²) in [5, 5.41) is 2.77. The second kappa shape index (κ2) is 3.54. The van der Waals surface area contributed by atoms with Crippen LogP contribution in [0.5, 0.6) is 0 Å². The van der Waals surface area contributed by atoms with E-state index in [1.165, 1.54) is 0 Å². The van der Waals surface area contributed by atoms with Gasteiger partial charge in [0.05, 0.1) is 12.5 Å². The lowest BCUT2D eigenvalue weighted by molar-refractivity contribution is -0.127. The van der Waals surface area contributed by atoms with Crippen LogP contribution in [0.1, 0.15) is 12.0 Å². The number of hydrogen-bond acceptors (Lipinski definition) is 2. The largest absolute Gasteiger partial charge is 0.399 e. The summed E-state index contributed by atoms with van der Waals surface area (Å²) < 4.78 is 0. The molecule has 3 N–H and O–H groups in total. The van der Waals surface area contributed by atoms with E-state index in [0.717, 1.165) is 11.3 Å². The normalized spacial score (nSPS) is 20.6. The molecule has 1 atom stereocenters. The monoisotopic (exact) mass is 188 g/mol. The molecule has 1 amide bonds. The molecule has 0 spiro atoms. The number of nitrogens with one attached hydrogen (secondary N) is 1. The van der Waals surface area contributed by atoms with Crippen LogP contribution in [0.4, 0.5) is 5.69 Å². The first-order valence-electron chi connectivity index (χ1n) is 4.57. The van der Waals surface area contributed by atoms with E-state index in [-0.39, 0.29) is 11.9 Å². The van der Waals surface area contributed by atoms with Gasteiger partial charge in [0.2, 0.25) is 5.91 Å². The Bertz CT molecular complexity index is 377. The second-order valence-electron chi connectivity index (χ2n) is 3.41. The Hall–Kier alpha value is -1.77. The number of benzene rings is 1. The van der Waals surface area contributed by atoms with Crippen LogP contribution in [-0.2, 0) is 4.79 Å². The molecule has 0 aromatic heterocycles. The van der Waals surface area contributed by atoms with Crippen LogP contribution in [0, 0.1) is 0 Å². The topological polar surface area (TPSA) is 55.1 Å². The first-order chi connectivity index (χ1) is 6.74. The number of hydrogen-bond donors (Lipinski definition) is 2. The Morgan fingerprint density at radius 1 is 1.50 bits per heavy atom. The number of carbonyl (C=O) groups excluding carboxylic acids is 1. The fourth-order valence-electron chi connectivity index (χ4n) is 1.39. The minimum Gasteiger partial charge on any atom is -0.399 e.